The Balaban J connectivity index is 1.90. The van der Waals surface area contributed by atoms with Crippen LogP contribution in [-0.4, -0.2) is 39.9 Å². The third kappa shape index (κ3) is 7.89. The quantitative estimate of drug-likeness (QED) is 0.240. The number of carbonyl (C=O) groups is 1. The van der Waals surface area contributed by atoms with Gasteiger partial charge in [-0.25, -0.2) is 4.79 Å². The van der Waals surface area contributed by atoms with E-state index in [-0.39, 0.29) is 28.6 Å². The minimum absolute atomic E-state index is 0.0988. The molecule has 0 fully saturated rings. The zero-order valence-electron chi connectivity index (χ0n) is 22.5. The molecule has 11 heteroatoms. The molecule has 2 unspecified atom stereocenters. The monoisotopic (exact) mass is 567 g/mol. The molecule has 0 saturated carbocycles. The summed E-state index contributed by atoms with van der Waals surface area (Å²) in [4.78, 5) is 11.4. The number of aromatic nitrogens is 2. The number of carboxylic acid groups (broad SMARTS) is 1. The number of benzene rings is 2. The summed E-state index contributed by atoms with van der Waals surface area (Å²) in [6, 6.07) is 12.7. The van der Waals surface area contributed by atoms with E-state index in [9.17, 15) is 23.1 Å². The first-order chi connectivity index (χ1) is 18.2. The van der Waals surface area contributed by atoms with E-state index in [1.165, 1.54) is 26.0 Å². The number of rotatable bonds is 12. The van der Waals surface area contributed by atoms with Crippen LogP contribution in [0.25, 0.3) is 11.3 Å². The SMILES string of the molecule is CCCC(C)n1nc(-c2ccc(OC(F)(F)F)cc2)cc1CC(NC)c1ccc(OC(C)(C)C(=O)O)c(Cl)c1. The molecule has 2 atom stereocenters. The third-order valence-corrected chi connectivity index (χ3v) is 6.62. The van der Waals surface area contributed by atoms with Crippen LogP contribution >= 0.6 is 11.6 Å². The second kappa shape index (κ2) is 12.3. The molecule has 2 aromatic carbocycles. The molecule has 0 bridgehead atoms. The van der Waals surface area contributed by atoms with E-state index in [1.807, 2.05) is 23.9 Å². The Morgan fingerprint density at radius 1 is 1.13 bits per heavy atom. The molecule has 0 radical (unpaired) electrons. The van der Waals surface area contributed by atoms with Gasteiger partial charge >= 0.3 is 12.3 Å². The number of aliphatic carboxylic acids is 1. The lowest BCUT2D eigenvalue weighted by Crippen LogP contribution is -2.38. The highest BCUT2D eigenvalue weighted by molar-refractivity contribution is 6.32. The van der Waals surface area contributed by atoms with Crippen molar-refractivity contribution in [1.29, 1.82) is 0 Å². The van der Waals surface area contributed by atoms with Gasteiger partial charge < -0.3 is 19.9 Å². The molecule has 0 aliphatic carbocycles. The zero-order valence-corrected chi connectivity index (χ0v) is 23.2. The van der Waals surface area contributed by atoms with Gasteiger partial charge in [-0.2, -0.15) is 5.10 Å². The summed E-state index contributed by atoms with van der Waals surface area (Å²) in [5.74, 6) is -1.13. The Bertz CT molecular complexity index is 1280. The molecule has 7 nitrogen and oxygen atoms in total. The summed E-state index contributed by atoms with van der Waals surface area (Å²) in [6.45, 7) is 7.06. The summed E-state index contributed by atoms with van der Waals surface area (Å²) < 4.78 is 49.2. The fraction of sp³-hybridized carbons (Fsp3) is 0.429. The van der Waals surface area contributed by atoms with Crippen LogP contribution in [0.15, 0.2) is 48.5 Å². The van der Waals surface area contributed by atoms with E-state index >= 15 is 0 Å². The van der Waals surface area contributed by atoms with Gasteiger partial charge in [0.25, 0.3) is 0 Å². The highest BCUT2D eigenvalue weighted by Crippen LogP contribution is 2.33. The molecule has 1 heterocycles. The van der Waals surface area contributed by atoms with Crippen LogP contribution in [0.2, 0.25) is 5.02 Å². The maximum absolute atomic E-state index is 12.5. The molecule has 0 saturated heterocycles. The van der Waals surface area contributed by atoms with E-state index in [0.29, 0.717) is 17.7 Å². The number of ether oxygens (including phenoxy) is 2. The van der Waals surface area contributed by atoms with Gasteiger partial charge in [0.15, 0.2) is 5.60 Å². The first-order valence-electron chi connectivity index (χ1n) is 12.6. The van der Waals surface area contributed by atoms with Gasteiger partial charge in [0.2, 0.25) is 0 Å². The fourth-order valence-corrected chi connectivity index (χ4v) is 4.43. The molecule has 212 valence electrons. The van der Waals surface area contributed by atoms with Crippen LogP contribution < -0.4 is 14.8 Å². The number of halogens is 4. The largest absolute Gasteiger partial charge is 0.573 e. The van der Waals surface area contributed by atoms with Crippen molar-refractivity contribution in [2.24, 2.45) is 0 Å². The molecule has 1 aromatic heterocycles. The number of carboxylic acids is 1. The predicted molar refractivity (Wildman–Crippen MR) is 143 cm³/mol. The van der Waals surface area contributed by atoms with Gasteiger partial charge in [0, 0.05) is 29.8 Å². The average molecular weight is 568 g/mol. The van der Waals surface area contributed by atoms with E-state index in [4.69, 9.17) is 21.4 Å². The summed E-state index contributed by atoms with van der Waals surface area (Å²) in [7, 11) is 1.83. The normalized spacial score (nSPS) is 13.7. The summed E-state index contributed by atoms with van der Waals surface area (Å²) in [6.07, 6.45) is -2.36. The number of alkyl halides is 3. The molecule has 3 aromatic rings. The van der Waals surface area contributed by atoms with Gasteiger partial charge in [-0.05, 0) is 82.3 Å². The first-order valence-corrected chi connectivity index (χ1v) is 13.0. The molecular formula is C28H33ClF3N3O4. The molecule has 3 rings (SSSR count). The Morgan fingerprint density at radius 3 is 2.33 bits per heavy atom. The van der Waals surface area contributed by atoms with Gasteiger partial charge in [0.05, 0.1) is 10.7 Å². The lowest BCUT2D eigenvalue weighted by molar-refractivity contribution is -0.274. The van der Waals surface area contributed by atoms with Crippen molar-refractivity contribution < 1.29 is 32.5 Å². The van der Waals surface area contributed by atoms with Gasteiger partial charge in [-0.15, -0.1) is 13.2 Å². The van der Waals surface area contributed by atoms with Crippen molar-refractivity contribution >= 4 is 17.6 Å². The number of likely N-dealkylation sites (N-methyl/N-ethyl adjacent to an activating group) is 1. The van der Waals surface area contributed by atoms with Crippen LogP contribution in [0.5, 0.6) is 11.5 Å². The van der Waals surface area contributed by atoms with Crippen LogP contribution in [0.4, 0.5) is 13.2 Å². The van der Waals surface area contributed by atoms with Crippen molar-refractivity contribution in [3.8, 4) is 22.8 Å². The van der Waals surface area contributed by atoms with Gasteiger partial charge in [-0.1, -0.05) is 31.0 Å². The zero-order chi connectivity index (χ0) is 29.0. The summed E-state index contributed by atoms with van der Waals surface area (Å²) >= 11 is 6.46. The standard InChI is InChI=1S/C28H33ClF3N3O4/c1-6-7-17(2)35-20(16-24(34-35)18-8-11-21(12-9-18)38-28(30,31)32)15-23(33-5)19-10-13-25(22(29)14-19)39-27(3,4)26(36)37/h8-14,16-17,23,33H,6-7,15H2,1-5H3,(H,36,37). The Labute approximate surface area is 230 Å². The fourth-order valence-electron chi connectivity index (χ4n) is 4.21. The summed E-state index contributed by atoms with van der Waals surface area (Å²) in [5, 5.41) is 17.7. The smallest absolute Gasteiger partial charge is 0.478 e. The maximum Gasteiger partial charge on any atom is 0.573 e. The van der Waals surface area contributed by atoms with Crippen molar-refractivity contribution in [3.05, 3.63) is 64.8 Å². The van der Waals surface area contributed by atoms with Crippen molar-refractivity contribution in [1.82, 2.24) is 15.1 Å². The Kier molecular flexibility index (Phi) is 9.55. The number of hydrogen-bond acceptors (Lipinski definition) is 5. The van der Waals surface area contributed by atoms with Crippen LogP contribution in [-0.2, 0) is 11.2 Å². The van der Waals surface area contributed by atoms with Crippen LogP contribution in [0, 0.1) is 0 Å². The van der Waals surface area contributed by atoms with Crippen LogP contribution in [0.3, 0.4) is 0 Å². The molecule has 2 N–H and O–H groups in total. The van der Waals surface area contributed by atoms with E-state index in [1.54, 1.807) is 24.3 Å². The first kappa shape index (κ1) is 30.3. The van der Waals surface area contributed by atoms with Crippen molar-refractivity contribution in [2.75, 3.05) is 7.05 Å². The second-order valence-electron chi connectivity index (χ2n) is 9.83. The molecule has 0 amide bonds. The van der Waals surface area contributed by atoms with E-state index < -0.39 is 17.9 Å². The average Bonchev–Trinajstić information content (AvgIpc) is 3.27. The molecule has 0 aliphatic heterocycles. The number of nitrogens with one attached hydrogen (secondary N) is 1. The Hall–Kier alpha value is -3.24. The van der Waals surface area contributed by atoms with Crippen molar-refractivity contribution in [3.63, 3.8) is 0 Å². The second-order valence-corrected chi connectivity index (χ2v) is 10.2. The topological polar surface area (TPSA) is 85.6 Å². The van der Waals surface area contributed by atoms with E-state index in [2.05, 4.69) is 23.9 Å². The minimum Gasteiger partial charge on any atom is -0.478 e. The predicted octanol–water partition coefficient (Wildman–Crippen LogP) is 7.21. The maximum atomic E-state index is 12.5. The van der Waals surface area contributed by atoms with Gasteiger partial charge in [-0.3, -0.25) is 4.68 Å². The number of nitrogens with zero attached hydrogens (tertiary/aromatic N) is 2. The van der Waals surface area contributed by atoms with E-state index in [0.717, 1.165) is 24.1 Å². The Morgan fingerprint density at radius 2 is 1.79 bits per heavy atom. The molecule has 39 heavy (non-hydrogen) atoms. The highest BCUT2D eigenvalue weighted by atomic mass is 35.5. The lowest BCUT2D eigenvalue weighted by atomic mass is 10.0. The molecular weight excluding hydrogens is 535 g/mol. The lowest BCUT2D eigenvalue weighted by Gasteiger charge is -2.24. The van der Waals surface area contributed by atoms with Crippen molar-refractivity contribution in [2.45, 2.75) is 71.0 Å². The van der Waals surface area contributed by atoms with Crippen LogP contribution in [0.1, 0.15) is 63.9 Å². The molecule has 0 aliphatic rings. The minimum atomic E-state index is -4.76. The summed E-state index contributed by atoms with van der Waals surface area (Å²) in [5.41, 5.74) is 1.67. The highest BCUT2D eigenvalue weighted by Gasteiger charge is 2.31. The number of hydrogen-bond donors (Lipinski definition) is 2. The molecule has 0 spiro atoms. The third-order valence-electron chi connectivity index (χ3n) is 6.32. The van der Waals surface area contributed by atoms with Gasteiger partial charge in [0.1, 0.15) is 11.5 Å².